The Balaban J connectivity index is 1.12. The molecule has 2 aliphatic heterocycles. The second kappa shape index (κ2) is 11.5. The van der Waals surface area contributed by atoms with E-state index < -0.39 is 0 Å². The molecule has 0 spiro atoms. The van der Waals surface area contributed by atoms with Gasteiger partial charge in [-0.2, -0.15) is 0 Å². The van der Waals surface area contributed by atoms with Gasteiger partial charge in [0.1, 0.15) is 17.8 Å². The van der Waals surface area contributed by atoms with E-state index in [4.69, 9.17) is 0 Å². The first-order chi connectivity index (χ1) is 17.2. The molecule has 1 aliphatic carbocycles. The SMILES string of the molecule is Cc1c(NCC2CCC(c3ccccc3)CC2)ncnc1C(=O)N1CCC(N2CCCCC2)CC1. The van der Waals surface area contributed by atoms with E-state index in [1.165, 1.54) is 63.6 Å². The predicted octanol–water partition coefficient (Wildman–Crippen LogP) is 5.26. The lowest BCUT2D eigenvalue weighted by molar-refractivity contribution is 0.0584. The number of hydrogen-bond donors (Lipinski definition) is 1. The summed E-state index contributed by atoms with van der Waals surface area (Å²) in [6, 6.07) is 11.6. The summed E-state index contributed by atoms with van der Waals surface area (Å²) in [7, 11) is 0. The lowest BCUT2D eigenvalue weighted by Crippen LogP contribution is -2.48. The molecule has 1 N–H and O–H groups in total. The maximum Gasteiger partial charge on any atom is 0.272 e. The zero-order chi connectivity index (χ0) is 24.0. The van der Waals surface area contributed by atoms with Crippen molar-refractivity contribution in [2.24, 2.45) is 5.92 Å². The molecule has 3 fully saturated rings. The first-order valence-electron chi connectivity index (χ1n) is 13.8. The number of amides is 1. The third kappa shape index (κ3) is 5.85. The Bertz CT molecular complexity index is 958. The Labute approximate surface area is 210 Å². The molecule has 3 aliphatic rings. The first kappa shape index (κ1) is 24.2. The molecule has 0 atom stereocenters. The van der Waals surface area contributed by atoms with Crippen molar-refractivity contribution in [1.82, 2.24) is 19.8 Å². The number of aromatic nitrogens is 2. The first-order valence-corrected chi connectivity index (χ1v) is 13.8. The van der Waals surface area contributed by atoms with Crippen LogP contribution in [0.1, 0.15) is 85.3 Å². The van der Waals surface area contributed by atoms with Crippen LogP contribution in [0.25, 0.3) is 0 Å². The quantitative estimate of drug-likeness (QED) is 0.617. The zero-order valence-corrected chi connectivity index (χ0v) is 21.3. The highest BCUT2D eigenvalue weighted by Crippen LogP contribution is 2.35. The molecule has 0 unspecified atom stereocenters. The van der Waals surface area contributed by atoms with Crippen molar-refractivity contribution in [3.05, 3.63) is 53.5 Å². The van der Waals surface area contributed by atoms with E-state index in [9.17, 15) is 4.79 Å². The number of nitrogens with one attached hydrogen (secondary N) is 1. The minimum atomic E-state index is 0.0633. The molecule has 1 amide bonds. The van der Waals surface area contributed by atoms with Crippen molar-refractivity contribution in [3.63, 3.8) is 0 Å². The van der Waals surface area contributed by atoms with E-state index >= 15 is 0 Å². The Hall–Kier alpha value is -2.47. The highest BCUT2D eigenvalue weighted by Gasteiger charge is 2.30. The molecule has 0 radical (unpaired) electrons. The Morgan fingerprint density at radius 3 is 2.34 bits per heavy atom. The molecule has 2 aromatic rings. The minimum absolute atomic E-state index is 0.0633. The van der Waals surface area contributed by atoms with Gasteiger partial charge in [-0.3, -0.25) is 4.79 Å². The topological polar surface area (TPSA) is 61.4 Å². The van der Waals surface area contributed by atoms with Crippen molar-refractivity contribution in [1.29, 1.82) is 0 Å². The molecule has 5 rings (SSSR count). The highest BCUT2D eigenvalue weighted by atomic mass is 16.2. The average Bonchev–Trinajstić information content (AvgIpc) is 2.93. The van der Waals surface area contributed by atoms with Gasteiger partial charge in [0.15, 0.2) is 0 Å². The normalized spacial score (nSPS) is 24.3. The fraction of sp³-hybridized carbons (Fsp3) is 0.621. The maximum atomic E-state index is 13.3. The molecule has 3 heterocycles. The van der Waals surface area contributed by atoms with Crippen molar-refractivity contribution in [2.45, 2.75) is 76.7 Å². The van der Waals surface area contributed by atoms with Crippen LogP contribution in [0.2, 0.25) is 0 Å². The Morgan fingerprint density at radius 1 is 0.914 bits per heavy atom. The third-order valence-corrected chi connectivity index (χ3v) is 8.62. The second-order valence-corrected chi connectivity index (χ2v) is 10.8. The van der Waals surface area contributed by atoms with E-state index in [0.29, 0.717) is 23.6 Å². The summed E-state index contributed by atoms with van der Waals surface area (Å²) in [5, 5.41) is 3.56. The minimum Gasteiger partial charge on any atom is -0.369 e. The van der Waals surface area contributed by atoms with Gasteiger partial charge < -0.3 is 15.1 Å². The van der Waals surface area contributed by atoms with Crippen LogP contribution in [0.4, 0.5) is 5.82 Å². The molecular formula is C29H41N5O. The smallest absolute Gasteiger partial charge is 0.272 e. The van der Waals surface area contributed by atoms with Crippen molar-refractivity contribution >= 4 is 11.7 Å². The summed E-state index contributed by atoms with van der Waals surface area (Å²) in [5.74, 6) is 2.22. The molecule has 2 saturated heterocycles. The number of piperidine rings is 2. The number of benzene rings is 1. The molecule has 1 aromatic carbocycles. The molecule has 6 nitrogen and oxygen atoms in total. The fourth-order valence-corrected chi connectivity index (χ4v) is 6.38. The lowest BCUT2D eigenvalue weighted by atomic mass is 9.79. The monoisotopic (exact) mass is 475 g/mol. The van der Waals surface area contributed by atoms with E-state index in [1.54, 1.807) is 6.33 Å². The fourth-order valence-electron chi connectivity index (χ4n) is 6.38. The number of anilines is 1. The lowest BCUT2D eigenvalue weighted by Gasteiger charge is -2.40. The van der Waals surface area contributed by atoms with Gasteiger partial charge in [0.25, 0.3) is 5.91 Å². The third-order valence-electron chi connectivity index (χ3n) is 8.62. The number of nitrogens with zero attached hydrogens (tertiary/aromatic N) is 4. The van der Waals surface area contributed by atoms with E-state index in [0.717, 1.165) is 43.9 Å². The van der Waals surface area contributed by atoms with Gasteiger partial charge in [-0.25, -0.2) is 9.97 Å². The number of likely N-dealkylation sites (tertiary alicyclic amines) is 2. The van der Waals surface area contributed by atoms with Crippen LogP contribution in [-0.4, -0.2) is 64.4 Å². The van der Waals surface area contributed by atoms with Crippen molar-refractivity contribution < 1.29 is 4.79 Å². The van der Waals surface area contributed by atoms with Gasteiger partial charge in [-0.15, -0.1) is 0 Å². The van der Waals surface area contributed by atoms with Crippen LogP contribution >= 0.6 is 0 Å². The summed E-state index contributed by atoms with van der Waals surface area (Å²) in [5.41, 5.74) is 2.93. The number of carbonyl (C=O) groups excluding carboxylic acids is 1. The summed E-state index contributed by atoms with van der Waals surface area (Å²) in [4.78, 5) is 26.9. The van der Waals surface area contributed by atoms with Gasteiger partial charge in [-0.05, 0) is 88.8 Å². The van der Waals surface area contributed by atoms with Gasteiger partial charge in [0.05, 0.1) is 0 Å². The molecular weight excluding hydrogens is 434 g/mol. The van der Waals surface area contributed by atoms with Gasteiger partial charge in [0, 0.05) is 31.2 Å². The zero-order valence-electron chi connectivity index (χ0n) is 21.3. The van der Waals surface area contributed by atoms with Crippen LogP contribution < -0.4 is 5.32 Å². The number of rotatable bonds is 6. The van der Waals surface area contributed by atoms with Gasteiger partial charge in [0.2, 0.25) is 0 Å². The number of hydrogen-bond acceptors (Lipinski definition) is 5. The second-order valence-electron chi connectivity index (χ2n) is 10.8. The molecule has 188 valence electrons. The molecule has 6 heteroatoms. The van der Waals surface area contributed by atoms with Gasteiger partial charge >= 0.3 is 0 Å². The summed E-state index contributed by atoms with van der Waals surface area (Å²) >= 11 is 0. The van der Waals surface area contributed by atoms with E-state index in [1.807, 2.05) is 11.8 Å². The van der Waals surface area contributed by atoms with Crippen molar-refractivity contribution in [2.75, 3.05) is 38.0 Å². The van der Waals surface area contributed by atoms with Crippen LogP contribution in [0.3, 0.4) is 0 Å². The standard InChI is InChI=1S/C29H41N5O/c1-22-27(29(35)34-18-14-26(15-19-34)33-16-6-3-7-17-33)31-21-32-28(22)30-20-23-10-12-25(13-11-23)24-8-4-2-5-9-24/h2,4-5,8-9,21,23,25-26H,3,6-7,10-20H2,1H3,(H,30,31,32). The predicted molar refractivity (Wildman–Crippen MR) is 141 cm³/mol. The summed E-state index contributed by atoms with van der Waals surface area (Å²) in [6.07, 6.45) is 12.7. The van der Waals surface area contributed by atoms with E-state index in [2.05, 4.69) is 50.5 Å². The Morgan fingerprint density at radius 2 is 1.63 bits per heavy atom. The molecule has 1 aromatic heterocycles. The maximum absolute atomic E-state index is 13.3. The summed E-state index contributed by atoms with van der Waals surface area (Å²) < 4.78 is 0. The molecule has 35 heavy (non-hydrogen) atoms. The largest absolute Gasteiger partial charge is 0.369 e. The van der Waals surface area contributed by atoms with Crippen LogP contribution in [0, 0.1) is 12.8 Å². The van der Waals surface area contributed by atoms with E-state index in [-0.39, 0.29) is 5.91 Å². The van der Waals surface area contributed by atoms with Gasteiger partial charge in [-0.1, -0.05) is 36.8 Å². The molecule has 0 bridgehead atoms. The van der Waals surface area contributed by atoms with Crippen molar-refractivity contribution in [3.8, 4) is 0 Å². The van der Waals surface area contributed by atoms with Crippen LogP contribution in [0.5, 0.6) is 0 Å². The Kier molecular flexibility index (Phi) is 7.97. The summed E-state index contributed by atoms with van der Waals surface area (Å²) in [6.45, 7) is 7.02. The highest BCUT2D eigenvalue weighted by molar-refractivity contribution is 5.94. The molecule has 1 saturated carbocycles. The number of carbonyl (C=O) groups is 1. The van der Waals surface area contributed by atoms with Crippen LogP contribution in [-0.2, 0) is 0 Å². The average molecular weight is 476 g/mol. The van der Waals surface area contributed by atoms with Crippen LogP contribution in [0.15, 0.2) is 36.7 Å².